The molecule has 2 aromatic rings. The van der Waals surface area contributed by atoms with Gasteiger partial charge in [-0.15, -0.1) is 0 Å². The molecule has 0 atom stereocenters. The first kappa shape index (κ1) is 13.7. The molecule has 3 nitrogen and oxygen atoms in total. The summed E-state index contributed by atoms with van der Waals surface area (Å²) in [6, 6.07) is 19.3. The van der Waals surface area contributed by atoms with E-state index in [0.29, 0.717) is 0 Å². The molecule has 0 aliphatic heterocycles. The van der Waals surface area contributed by atoms with Crippen LogP contribution in [0.15, 0.2) is 72.8 Å². The van der Waals surface area contributed by atoms with E-state index in [9.17, 15) is 9.59 Å². The zero-order valence-electron chi connectivity index (χ0n) is 10.8. The first-order chi connectivity index (χ1) is 9.68. The van der Waals surface area contributed by atoms with E-state index >= 15 is 0 Å². The minimum atomic E-state index is -1.44. The zero-order valence-corrected chi connectivity index (χ0v) is 10.8. The van der Waals surface area contributed by atoms with E-state index in [1.54, 1.807) is 6.08 Å². The number of benzene rings is 2. The van der Waals surface area contributed by atoms with Crippen LogP contribution in [0.25, 0.3) is 0 Å². The van der Waals surface area contributed by atoms with Crippen LogP contribution in [0.2, 0.25) is 0 Å². The largest absolute Gasteiger partial charge is 0.475 e. The van der Waals surface area contributed by atoms with E-state index in [1.807, 2.05) is 60.7 Å². The Labute approximate surface area is 117 Å². The summed E-state index contributed by atoms with van der Waals surface area (Å²) >= 11 is 0. The van der Waals surface area contributed by atoms with E-state index in [2.05, 4.69) is 0 Å². The van der Waals surface area contributed by atoms with Crippen LogP contribution in [0.1, 0.15) is 17.0 Å². The first-order valence-electron chi connectivity index (χ1n) is 6.24. The zero-order chi connectivity index (χ0) is 14.4. The van der Waals surface area contributed by atoms with Crippen molar-refractivity contribution < 1.29 is 14.7 Å². The monoisotopic (exact) mass is 266 g/mol. The van der Waals surface area contributed by atoms with Crippen molar-refractivity contribution in [3.63, 3.8) is 0 Å². The Hall–Kier alpha value is -2.68. The van der Waals surface area contributed by atoms with Crippen LogP contribution < -0.4 is 0 Å². The molecule has 0 unspecified atom stereocenters. The summed E-state index contributed by atoms with van der Waals surface area (Å²) in [5.41, 5.74) is 2.02. The summed E-state index contributed by atoms with van der Waals surface area (Å²) in [7, 11) is 0. The third kappa shape index (κ3) is 3.42. The van der Waals surface area contributed by atoms with Gasteiger partial charge >= 0.3 is 5.97 Å². The van der Waals surface area contributed by atoms with E-state index in [4.69, 9.17) is 5.11 Å². The fourth-order valence-corrected chi connectivity index (χ4v) is 1.99. The number of carbonyl (C=O) groups excluding carboxylic acids is 1. The van der Waals surface area contributed by atoms with Gasteiger partial charge in [0.15, 0.2) is 0 Å². The van der Waals surface area contributed by atoms with Gasteiger partial charge in [0, 0.05) is 5.92 Å². The minimum Gasteiger partial charge on any atom is -0.475 e. The molecule has 2 rings (SSSR count). The predicted molar refractivity (Wildman–Crippen MR) is 76.5 cm³/mol. The van der Waals surface area contributed by atoms with Gasteiger partial charge in [-0.05, 0) is 17.2 Å². The normalized spacial score (nSPS) is 10.8. The smallest absolute Gasteiger partial charge is 0.376 e. The third-order valence-electron chi connectivity index (χ3n) is 2.97. The van der Waals surface area contributed by atoms with Crippen molar-refractivity contribution >= 4 is 11.8 Å². The van der Waals surface area contributed by atoms with Gasteiger partial charge in [0.25, 0.3) is 5.78 Å². The van der Waals surface area contributed by atoms with Gasteiger partial charge in [0.05, 0.1) is 0 Å². The van der Waals surface area contributed by atoms with E-state index < -0.39 is 11.8 Å². The van der Waals surface area contributed by atoms with Crippen LogP contribution >= 0.6 is 0 Å². The topological polar surface area (TPSA) is 54.4 Å². The summed E-state index contributed by atoms with van der Waals surface area (Å²) in [5, 5.41) is 8.64. The number of hydrogen-bond donors (Lipinski definition) is 1. The van der Waals surface area contributed by atoms with Crippen LogP contribution in [0.3, 0.4) is 0 Å². The molecular formula is C17H14O3. The number of ketones is 1. The van der Waals surface area contributed by atoms with Gasteiger partial charge in [-0.1, -0.05) is 66.7 Å². The van der Waals surface area contributed by atoms with Crippen LogP contribution in [0, 0.1) is 0 Å². The molecule has 2 aromatic carbocycles. The highest BCUT2D eigenvalue weighted by Crippen LogP contribution is 2.25. The maximum absolute atomic E-state index is 11.2. The second-order valence-corrected chi connectivity index (χ2v) is 4.33. The highest BCUT2D eigenvalue weighted by atomic mass is 16.4. The Morgan fingerprint density at radius 1 is 0.850 bits per heavy atom. The average Bonchev–Trinajstić information content (AvgIpc) is 2.49. The number of aliphatic carboxylic acids is 1. The number of allylic oxidation sites excluding steroid dienone is 1. The molecule has 0 aliphatic carbocycles. The second-order valence-electron chi connectivity index (χ2n) is 4.33. The Balaban J connectivity index is 2.36. The van der Waals surface area contributed by atoms with Crippen molar-refractivity contribution in [2.24, 2.45) is 0 Å². The Bertz CT molecular complexity index is 576. The number of hydrogen-bond acceptors (Lipinski definition) is 2. The van der Waals surface area contributed by atoms with Crippen LogP contribution in [0.5, 0.6) is 0 Å². The lowest BCUT2D eigenvalue weighted by Gasteiger charge is -2.13. The standard InChI is InChI=1S/C17H14O3/c18-16(17(19)20)12-11-15(13-7-3-1-4-8-13)14-9-5-2-6-10-14/h1-12,15H,(H,19,20)/b12-11+. The molecule has 0 heterocycles. The Morgan fingerprint density at radius 2 is 1.30 bits per heavy atom. The number of carboxylic acid groups (broad SMARTS) is 1. The molecule has 1 N–H and O–H groups in total. The highest BCUT2D eigenvalue weighted by molar-refractivity contribution is 6.37. The van der Waals surface area contributed by atoms with E-state index in [1.165, 1.54) is 0 Å². The Morgan fingerprint density at radius 3 is 1.70 bits per heavy atom. The van der Waals surface area contributed by atoms with Crippen molar-refractivity contribution in [1.29, 1.82) is 0 Å². The lowest BCUT2D eigenvalue weighted by atomic mass is 9.91. The molecule has 0 fully saturated rings. The molecule has 0 aromatic heterocycles. The molecule has 3 heteroatoms. The molecule has 0 bridgehead atoms. The lowest BCUT2D eigenvalue weighted by molar-refractivity contribution is -0.146. The summed E-state index contributed by atoms with van der Waals surface area (Å²) < 4.78 is 0. The molecule has 0 saturated heterocycles. The van der Waals surface area contributed by atoms with Crippen LogP contribution in [-0.2, 0) is 9.59 Å². The van der Waals surface area contributed by atoms with Crippen molar-refractivity contribution in [1.82, 2.24) is 0 Å². The quantitative estimate of drug-likeness (QED) is 0.668. The SMILES string of the molecule is O=C(O)C(=O)/C=C/C(c1ccccc1)c1ccccc1. The van der Waals surface area contributed by atoms with Gasteiger partial charge in [0.1, 0.15) is 0 Å². The summed E-state index contributed by atoms with van der Waals surface area (Å²) in [5.74, 6) is -2.50. The highest BCUT2D eigenvalue weighted by Gasteiger charge is 2.12. The van der Waals surface area contributed by atoms with Crippen molar-refractivity contribution in [3.05, 3.63) is 83.9 Å². The van der Waals surface area contributed by atoms with Crippen molar-refractivity contribution in [2.75, 3.05) is 0 Å². The number of rotatable bonds is 5. The van der Waals surface area contributed by atoms with Crippen LogP contribution in [-0.4, -0.2) is 16.9 Å². The predicted octanol–water partition coefficient (Wildman–Crippen LogP) is 3.03. The van der Waals surface area contributed by atoms with Crippen molar-refractivity contribution in [2.45, 2.75) is 5.92 Å². The summed E-state index contributed by atoms with van der Waals surface area (Å²) in [6.07, 6.45) is 2.74. The van der Waals surface area contributed by atoms with E-state index in [-0.39, 0.29) is 5.92 Å². The second kappa shape index (κ2) is 6.48. The molecule has 0 aliphatic rings. The molecule has 0 radical (unpaired) electrons. The molecule has 0 spiro atoms. The fourth-order valence-electron chi connectivity index (χ4n) is 1.99. The maximum atomic E-state index is 11.2. The van der Waals surface area contributed by atoms with Gasteiger partial charge in [-0.25, -0.2) is 4.79 Å². The molecule has 20 heavy (non-hydrogen) atoms. The maximum Gasteiger partial charge on any atom is 0.376 e. The molecule has 0 saturated carbocycles. The van der Waals surface area contributed by atoms with Gasteiger partial charge in [0.2, 0.25) is 0 Å². The first-order valence-corrected chi connectivity index (χ1v) is 6.24. The van der Waals surface area contributed by atoms with Crippen molar-refractivity contribution in [3.8, 4) is 0 Å². The minimum absolute atomic E-state index is 0.138. The van der Waals surface area contributed by atoms with Gasteiger partial charge in [-0.2, -0.15) is 0 Å². The molecular weight excluding hydrogens is 252 g/mol. The molecule has 100 valence electrons. The lowest BCUT2D eigenvalue weighted by Crippen LogP contribution is -2.09. The van der Waals surface area contributed by atoms with E-state index in [0.717, 1.165) is 17.2 Å². The fraction of sp³-hybridized carbons (Fsp3) is 0.0588. The Kier molecular flexibility index (Phi) is 4.45. The molecule has 0 amide bonds. The average molecular weight is 266 g/mol. The van der Waals surface area contributed by atoms with Gasteiger partial charge in [-0.3, -0.25) is 4.79 Å². The van der Waals surface area contributed by atoms with Crippen LogP contribution in [0.4, 0.5) is 0 Å². The third-order valence-corrected chi connectivity index (χ3v) is 2.97. The summed E-state index contributed by atoms with van der Waals surface area (Å²) in [4.78, 5) is 21.8. The number of carboxylic acids is 1. The van der Waals surface area contributed by atoms with Gasteiger partial charge < -0.3 is 5.11 Å². The summed E-state index contributed by atoms with van der Waals surface area (Å²) in [6.45, 7) is 0. The number of carbonyl (C=O) groups is 2.